The number of nitrogens with one attached hydrogen (secondary N) is 1. The largest absolute Gasteiger partial charge is 0.487 e. The van der Waals surface area contributed by atoms with Crippen molar-refractivity contribution < 1.29 is 9.53 Å². The fourth-order valence-corrected chi connectivity index (χ4v) is 3.60. The lowest BCUT2D eigenvalue weighted by Gasteiger charge is -2.14. The van der Waals surface area contributed by atoms with Gasteiger partial charge in [-0.3, -0.25) is 4.79 Å². The van der Waals surface area contributed by atoms with Crippen LogP contribution in [-0.2, 0) is 11.4 Å². The second kappa shape index (κ2) is 8.59. The summed E-state index contributed by atoms with van der Waals surface area (Å²) in [5.74, 6) is 1.07. The standard InChI is InChI=1S/C23H22N4O2S/c1-14(2)23(28)25-20-10-6-8-17(24-20)13-29-19-12-11-16-7-4-5-9-18(16)21(19)22-15(3)30-27-26-22/h4-12,14H,13H2,1-3H3,(H,24,25,28). The summed E-state index contributed by atoms with van der Waals surface area (Å²) in [6.07, 6.45) is 0. The highest BCUT2D eigenvalue weighted by Gasteiger charge is 2.17. The summed E-state index contributed by atoms with van der Waals surface area (Å²) < 4.78 is 10.3. The number of hydrogen-bond donors (Lipinski definition) is 1. The minimum atomic E-state index is -0.109. The van der Waals surface area contributed by atoms with Gasteiger partial charge in [0.15, 0.2) is 0 Å². The first-order valence-electron chi connectivity index (χ1n) is 9.73. The van der Waals surface area contributed by atoms with Crippen LogP contribution < -0.4 is 10.1 Å². The van der Waals surface area contributed by atoms with Crippen LogP contribution in [0.2, 0.25) is 0 Å². The Morgan fingerprint density at radius 2 is 1.93 bits per heavy atom. The van der Waals surface area contributed by atoms with E-state index in [2.05, 4.69) is 32.0 Å². The van der Waals surface area contributed by atoms with Gasteiger partial charge in [0, 0.05) is 5.92 Å². The van der Waals surface area contributed by atoms with Gasteiger partial charge in [-0.25, -0.2) is 4.98 Å². The van der Waals surface area contributed by atoms with Gasteiger partial charge in [0.1, 0.15) is 23.9 Å². The lowest BCUT2D eigenvalue weighted by Crippen LogP contribution is -2.18. The molecular formula is C23H22N4O2S. The molecule has 30 heavy (non-hydrogen) atoms. The Morgan fingerprint density at radius 3 is 2.70 bits per heavy atom. The van der Waals surface area contributed by atoms with E-state index in [-0.39, 0.29) is 18.4 Å². The maximum Gasteiger partial charge on any atom is 0.228 e. The number of aromatic nitrogens is 3. The second-order valence-electron chi connectivity index (χ2n) is 7.28. The van der Waals surface area contributed by atoms with Crippen LogP contribution in [0.5, 0.6) is 5.75 Å². The molecule has 0 aliphatic rings. The number of ether oxygens (including phenoxy) is 1. The van der Waals surface area contributed by atoms with Crippen molar-refractivity contribution in [3.63, 3.8) is 0 Å². The van der Waals surface area contributed by atoms with Crippen LogP contribution in [0, 0.1) is 12.8 Å². The van der Waals surface area contributed by atoms with Crippen LogP contribution in [0.3, 0.4) is 0 Å². The molecule has 2 aromatic heterocycles. The van der Waals surface area contributed by atoms with Gasteiger partial charge in [-0.2, -0.15) is 0 Å². The molecule has 7 heteroatoms. The molecule has 4 rings (SSSR count). The van der Waals surface area contributed by atoms with E-state index in [0.29, 0.717) is 5.82 Å². The van der Waals surface area contributed by atoms with E-state index >= 15 is 0 Å². The molecule has 0 saturated heterocycles. The van der Waals surface area contributed by atoms with Gasteiger partial charge in [0.25, 0.3) is 0 Å². The van der Waals surface area contributed by atoms with Crippen LogP contribution in [-0.4, -0.2) is 20.5 Å². The molecule has 152 valence electrons. The van der Waals surface area contributed by atoms with Crippen molar-refractivity contribution >= 4 is 34.0 Å². The van der Waals surface area contributed by atoms with Crippen LogP contribution in [0.4, 0.5) is 5.82 Å². The van der Waals surface area contributed by atoms with E-state index in [4.69, 9.17) is 4.74 Å². The van der Waals surface area contributed by atoms with Gasteiger partial charge >= 0.3 is 0 Å². The quantitative estimate of drug-likeness (QED) is 0.464. The van der Waals surface area contributed by atoms with Crippen LogP contribution >= 0.6 is 11.5 Å². The molecule has 4 aromatic rings. The van der Waals surface area contributed by atoms with Crippen molar-refractivity contribution in [2.45, 2.75) is 27.4 Å². The van der Waals surface area contributed by atoms with Crippen molar-refractivity contribution in [1.29, 1.82) is 0 Å². The molecule has 1 amide bonds. The second-order valence-corrected chi connectivity index (χ2v) is 8.24. The number of benzene rings is 2. The van der Waals surface area contributed by atoms with Crippen LogP contribution in [0.15, 0.2) is 54.6 Å². The Labute approximate surface area is 179 Å². The predicted octanol–water partition coefficient (Wildman–Crippen LogP) is 5.24. The number of nitrogens with zero attached hydrogens (tertiary/aromatic N) is 3. The average Bonchev–Trinajstić information content (AvgIpc) is 3.17. The summed E-state index contributed by atoms with van der Waals surface area (Å²) in [7, 11) is 0. The third-order valence-corrected chi connectivity index (χ3v) is 5.37. The van der Waals surface area contributed by atoms with Gasteiger partial charge in [-0.1, -0.05) is 54.7 Å². The van der Waals surface area contributed by atoms with Crippen molar-refractivity contribution in [1.82, 2.24) is 14.6 Å². The van der Waals surface area contributed by atoms with Crippen molar-refractivity contribution in [3.8, 4) is 17.0 Å². The van der Waals surface area contributed by atoms with E-state index in [0.717, 1.165) is 38.4 Å². The van der Waals surface area contributed by atoms with E-state index in [1.165, 1.54) is 11.5 Å². The molecule has 6 nitrogen and oxygen atoms in total. The molecule has 0 aliphatic carbocycles. The number of fused-ring (bicyclic) bond motifs is 1. The predicted molar refractivity (Wildman–Crippen MR) is 120 cm³/mol. The minimum absolute atomic E-state index is 0.0658. The first-order chi connectivity index (χ1) is 14.5. The number of anilines is 1. The highest BCUT2D eigenvalue weighted by atomic mass is 32.1. The number of carbonyl (C=O) groups is 1. The van der Waals surface area contributed by atoms with Gasteiger partial charge in [0.05, 0.1) is 16.1 Å². The monoisotopic (exact) mass is 418 g/mol. The van der Waals surface area contributed by atoms with Crippen molar-refractivity contribution in [2.24, 2.45) is 5.92 Å². The summed E-state index contributed by atoms with van der Waals surface area (Å²) in [5.41, 5.74) is 2.49. The Bertz CT molecular complexity index is 1200. The molecule has 0 saturated carbocycles. The smallest absolute Gasteiger partial charge is 0.228 e. The zero-order valence-corrected chi connectivity index (χ0v) is 17.9. The summed E-state index contributed by atoms with van der Waals surface area (Å²) in [6.45, 7) is 5.97. The summed E-state index contributed by atoms with van der Waals surface area (Å²) in [4.78, 5) is 17.5. The third-order valence-electron chi connectivity index (χ3n) is 4.74. The lowest BCUT2D eigenvalue weighted by molar-refractivity contribution is -0.118. The van der Waals surface area contributed by atoms with Crippen molar-refractivity contribution in [2.75, 3.05) is 5.32 Å². The van der Waals surface area contributed by atoms with E-state index in [1.807, 2.05) is 57.2 Å². The van der Waals surface area contributed by atoms with Gasteiger partial charge < -0.3 is 10.1 Å². The molecule has 0 unspecified atom stereocenters. The molecule has 0 radical (unpaired) electrons. The fourth-order valence-electron chi connectivity index (χ4n) is 3.13. The number of aryl methyl sites for hydroxylation is 1. The van der Waals surface area contributed by atoms with Crippen LogP contribution in [0.1, 0.15) is 24.4 Å². The zero-order valence-electron chi connectivity index (χ0n) is 17.0. The SMILES string of the molecule is Cc1snnc1-c1c(OCc2cccc(NC(=O)C(C)C)n2)ccc2ccccc12. The Kier molecular flexibility index (Phi) is 5.72. The number of carbonyl (C=O) groups excluding carboxylic acids is 1. The van der Waals surface area contributed by atoms with Gasteiger partial charge in [-0.15, -0.1) is 5.10 Å². The number of hydrogen-bond acceptors (Lipinski definition) is 6. The van der Waals surface area contributed by atoms with Crippen molar-refractivity contribution in [3.05, 3.63) is 65.2 Å². The minimum Gasteiger partial charge on any atom is -0.487 e. The van der Waals surface area contributed by atoms with Gasteiger partial charge in [0.2, 0.25) is 5.91 Å². The number of pyridine rings is 1. The zero-order chi connectivity index (χ0) is 21.1. The summed E-state index contributed by atoms with van der Waals surface area (Å²) in [6, 6.07) is 17.7. The molecule has 0 spiro atoms. The Morgan fingerprint density at radius 1 is 1.10 bits per heavy atom. The highest BCUT2D eigenvalue weighted by molar-refractivity contribution is 7.05. The Hall–Kier alpha value is -3.32. The third kappa shape index (κ3) is 4.16. The molecule has 1 N–H and O–H groups in total. The maximum atomic E-state index is 11.9. The molecule has 2 heterocycles. The van der Waals surface area contributed by atoms with E-state index in [9.17, 15) is 4.79 Å². The fraction of sp³-hybridized carbons (Fsp3) is 0.217. The highest BCUT2D eigenvalue weighted by Crippen LogP contribution is 2.38. The summed E-state index contributed by atoms with van der Waals surface area (Å²) >= 11 is 1.37. The van der Waals surface area contributed by atoms with E-state index in [1.54, 1.807) is 6.07 Å². The summed E-state index contributed by atoms with van der Waals surface area (Å²) in [5, 5.41) is 9.34. The normalized spacial score (nSPS) is 11.1. The average molecular weight is 419 g/mol. The Balaban J connectivity index is 1.64. The molecule has 2 aromatic carbocycles. The van der Waals surface area contributed by atoms with Gasteiger partial charge in [-0.05, 0) is 47.4 Å². The number of amides is 1. The topological polar surface area (TPSA) is 77.0 Å². The molecule has 0 atom stereocenters. The molecule has 0 fully saturated rings. The molecule has 0 bridgehead atoms. The first-order valence-corrected chi connectivity index (χ1v) is 10.5. The maximum absolute atomic E-state index is 11.9. The van der Waals surface area contributed by atoms with Crippen LogP contribution in [0.25, 0.3) is 22.0 Å². The molecular weight excluding hydrogens is 396 g/mol. The lowest BCUT2D eigenvalue weighted by atomic mass is 10.0. The first kappa shape index (κ1) is 20.0. The molecule has 0 aliphatic heterocycles. The number of rotatable bonds is 6. The van der Waals surface area contributed by atoms with E-state index < -0.39 is 0 Å².